The summed E-state index contributed by atoms with van der Waals surface area (Å²) in [6.07, 6.45) is 1.46. The van der Waals surface area contributed by atoms with Crippen LogP contribution < -0.4 is 10.2 Å². The van der Waals surface area contributed by atoms with Crippen LogP contribution in [0.1, 0.15) is 21.6 Å². The normalized spacial score (nSPS) is 11.0. The van der Waals surface area contributed by atoms with Gasteiger partial charge in [-0.2, -0.15) is 5.10 Å². The summed E-state index contributed by atoms with van der Waals surface area (Å²) in [5, 5.41) is 13.7. The molecule has 1 amide bonds. The second-order valence-corrected chi connectivity index (χ2v) is 7.17. The monoisotopic (exact) mass is 409 g/mol. The lowest BCUT2D eigenvalue weighted by Crippen LogP contribution is -2.19. The zero-order valence-corrected chi connectivity index (χ0v) is 16.7. The predicted octanol–water partition coefficient (Wildman–Crippen LogP) is 3.49. The van der Waals surface area contributed by atoms with E-state index in [4.69, 9.17) is 9.84 Å². The van der Waals surface area contributed by atoms with Gasteiger partial charge in [-0.15, -0.1) is 11.8 Å². The van der Waals surface area contributed by atoms with E-state index in [-0.39, 0.29) is 17.2 Å². The molecule has 0 fully saturated rings. The van der Waals surface area contributed by atoms with Gasteiger partial charge in [0.1, 0.15) is 5.75 Å². The van der Waals surface area contributed by atoms with Crippen LogP contribution in [0.3, 0.4) is 0 Å². The summed E-state index contributed by atoms with van der Waals surface area (Å²) >= 11 is 1.40. The third kappa shape index (κ3) is 5.32. The van der Waals surface area contributed by atoms with Gasteiger partial charge in [0.05, 0.1) is 30.2 Å². The van der Waals surface area contributed by atoms with Gasteiger partial charge in [0, 0.05) is 16.0 Å². The number of hydrazone groups is 1. The van der Waals surface area contributed by atoms with Gasteiger partial charge in [-0.1, -0.05) is 12.1 Å². The van der Waals surface area contributed by atoms with E-state index in [1.165, 1.54) is 30.1 Å². The summed E-state index contributed by atoms with van der Waals surface area (Å²) < 4.78 is 5.28. The number of aromatic carboxylic acids is 1. The molecule has 0 atom stereocenters. The van der Waals surface area contributed by atoms with Crippen LogP contribution in [0.5, 0.6) is 5.75 Å². The number of nitrogens with one attached hydrogen (secondary N) is 1. The van der Waals surface area contributed by atoms with Crippen molar-refractivity contribution in [1.29, 1.82) is 0 Å². The molecule has 29 heavy (non-hydrogen) atoms. The number of hydrogen-bond acceptors (Lipinski definition) is 6. The molecular weight excluding hydrogens is 390 g/mol. The van der Waals surface area contributed by atoms with Gasteiger partial charge >= 0.3 is 5.97 Å². The molecule has 0 bridgehead atoms. The van der Waals surface area contributed by atoms with E-state index < -0.39 is 5.97 Å². The van der Waals surface area contributed by atoms with Crippen LogP contribution in [0.25, 0.3) is 10.9 Å². The van der Waals surface area contributed by atoms with Crippen molar-refractivity contribution in [3.05, 3.63) is 65.4 Å². The SMILES string of the molecule is COc1ccc2nc(C)cc(SCC(=O)N/N=C\c3ccc(C(=O)O)cc3)c2c1. The Bertz CT molecular complexity index is 1080. The quantitative estimate of drug-likeness (QED) is 0.352. The summed E-state index contributed by atoms with van der Waals surface area (Å²) in [7, 11) is 1.61. The number of aryl methyl sites for hydroxylation is 1. The maximum atomic E-state index is 12.1. The Morgan fingerprint density at radius 1 is 1.21 bits per heavy atom. The molecule has 0 unspecified atom stereocenters. The van der Waals surface area contributed by atoms with Crippen LogP contribution in [-0.2, 0) is 4.79 Å². The number of fused-ring (bicyclic) bond motifs is 1. The molecule has 148 valence electrons. The van der Waals surface area contributed by atoms with Crippen LogP contribution in [-0.4, -0.2) is 41.0 Å². The number of thioether (sulfide) groups is 1. The van der Waals surface area contributed by atoms with Crippen LogP contribution in [0.15, 0.2) is 58.5 Å². The zero-order valence-electron chi connectivity index (χ0n) is 15.9. The molecule has 0 aliphatic rings. The molecule has 0 saturated carbocycles. The number of benzene rings is 2. The highest BCUT2D eigenvalue weighted by molar-refractivity contribution is 8.00. The van der Waals surface area contributed by atoms with Gasteiger partial charge in [-0.25, -0.2) is 10.2 Å². The fraction of sp³-hybridized carbons (Fsp3) is 0.143. The molecule has 3 aromatic rings. The van der Waals surface area contributed by atoms with Crippen molar-refractivity contribution >= 4 is 40.8 Å². The standard InChI is InChI=1S/C21H19N3O4S/c1-13-9-19(17-10-16(28-2)7-8-18(17)23-13)29-12-20(25)24-22-11-14-3-5-15(6-4-14)21(26)27/h3-11H,12H2,1-2H3,(H,24,25)(H,26,27)/b22-11-. The molecule has 0 spiro atoms. The molecule has 1 heterocycles. The van der Waals surface area contributed by atoms with Crippen molar-refractivity contribution in [2.45, 2.75) is 11.8 Å². The smallest absolute Gasteiger partial charge is 0.335 e. The number of amides is 1. The third-order valence-corrected chi connectivity index (χ3v) is 5.08. The van der Waals surface area contributed by atoms with Gasteiger partial charge in [-0.05, 0) is 48.9 Å². The first-order valence-electron chi connectivity index (χ1n) is 8.70. The van der Waals surface area contributed by atoms with E-state index in [0.29, 0.717) is 5.56 Å². The van der Waals surface area contributed by atoms with Gasteiger partial charge in [0.15, 0.2) is 0 Å². The average Bonchev–Trinajstić information content (AvgIpc) is 2.72. The lowest BCUT2D eigenvalue weighted by molar-refractivity contribution is -0.118. The van der Waals surface area contributed by atoms with E-state index in [9.17, 15) is 9.59 Å². The molecule has 0 saturated heterocycles. The second kappa shape index (κ2) is 9.20. The number of carboxylic acids is 1. The number of carboxylic acid groups (broad SMARTS) is 1. The Balaban J connectivity index is 1.62. The predicted molar refractivity (Wildman–Crippen MR) is 113 cm³/mol. The Hall–Kier alpha value is -3.39. The fourth-order valence-electron chi connectivity index (χ4n) is 2.61. The number of hydrogen-bond donors (Lipinski definition) is 2. The van der Waals surface area contributed by atoms with Crippen molar-refractivity contribution in [3.63, 3.8) is 0 Å². The molecule has 2 N–H and O–H groups in total. The van der Waals surface area contributed by atoms with Gasteiger partial charge < -0.3 is 9.84 Å². The Morgan fingerprint density at radius 3 is 2.66 bits per heavy atom. The summed E-state index contributed by atoms with van der Waals surface area (Å²) in [4.78, 5) is 28.4. The van der Waals surface area contributed by atoms with E-state index in [1.807, 2.05) is 31.2 Å². The molecular formula is C21H19N3O4S. The fourth-order valence-corrected chi connectivity index (χ4v) is 3.54. The number of ether oxygens (including phenoxy) is 1. The molecule has 0 radical (unpaired) electrons. The van der Waals surface area contributed by atoms with Crippen molar-refractivity contribution in [2.75, 3.05) is 12.9 Å². The first kappa shape index (κ1) is 20.3. The van der Waals surface area contributed by atoms with Crippen molar-refractivity contribution < 1.29 is 19.4 Å². The number of pyridine rings is 1. The Labute approximate surface area is 171 Å². The summed E-state index contributed by atoms with van der Waals surface area (Å²) in [5.41, 5.74) is 5.07. The summed E-state index contributed by atoms with van der Waals surface area (Å²) in [5.74, 6) is -0.326. The van der Waals surface area contributed by atoms with Crippen molar-refractivity contribution in [3.8, 4) is 5.75 Å². The molecule has 0 aliphatic heterocycles. The van der Waals surface area contributed by atoms with E-state index in [0.717, 1.165) is 27.2 Å². The molecule has 1 aromatic heterocycles. The Kier molecular flexibility index (Phi) is 6.46. The minimum atomic E-state index is -0.990. The first-order chi connectivity index (χ1) is 14.0. The van der Waals surface area contributed by atoms with Crippen molar-refractivity contribution in [2.24, 2.45) is 5.10 Å². The maximum absolute atomic E-state index is 12.1. The topological polar surface area (TPSA) is 101 Å². The molecule has 8 heteroatoms. The number of nitrogens with zero attached hydrogens (tertiary/aromatic N) is 2. The van der Waals surface area contributed by atoms with E-state index in [2.05, 4.69) is 15.5 Å². The zero-order chi connectivity index (χ0) is 20.8. The number of rotatable bonds is 7. The molecule has 0 aliphatic carbocycles. The number of carbonyl (C=O) groups is 2. The minimum absolute atomic E-state index is 0.186. The average molecular weight is 409 g/mol. The van der Waals surface area contributed by atoms with E-state index >= 15 is 0 Å². The van der Waals surface area contributed by atoms with Crippen molar-refractivity contribution in [1.82, 2.24) is 10.4 Å². The Morgan fingerprint density at radius 2 is 1.97 bits per heavy atom. The number of aromatic nitrogens is 1. The number of carbonyl (C=O) groups excluding carboxylic acids is 1. The summed E-state index contributed by atoms with van der Waals surface area (Å²) in [6, 6.07) is 13.8. The van der Waals surface area contributed by atoms with Crippen LogP contribution in [0.4, 0.5) is 0 Å². The second-order valence-electron chi connectivity index (χ2n) is 6.15. The minimum Gasteiger partial charge on any atom is -0.497 e. The highest BCUT2D eigenvalue weighted by atomic mass is 32.2. The molecule has 2 aromatic carbocycles. The summed E-state index contributed by atoms with van der Waals surface area (Å²) in [6.45, 7) is 1.91. The molecule has 3 rings (SSSR count). The lowest BCUT2D eigenvalue weighted by Gasteiger charge is -2.09. The lowest BCUT2D eigenvalue weighted by atomic mass is 10.1. The maximum Gasteiger partial charge on any atom is 0.335 e. The van der Waals surface area contributed by atoms with Crippen LogP contribution in [0.2, 0.25) is 0 Å². The largest absolute Gasteiger partial charge is 0.497 e. The van der Waals surface area contributed by atoms with Gasteiger partial charge in [0.25, 0.3) is 0 Å². The third-order valence-electron chi connectivity index (χ3n) is 4.03. The van der Waals surface area contributed by atoms with E-state index in [1.54, 1.807) is 19.2 Å². The highest BCUT2D eigenvalue weighted by Crippen LogP contribution is 2.30. The first-order valence-corrected chi connectivity index (χ1v) is 9.68. The van der Waals surface area contributed by atoms with Crippen LogP contribution >= 0.6 is 11.8 Å². The van der Waals surface area contributed by atoms with Gasteiger partial charge in [-0.3, -0.25) is 9.78 Å². The highest BCUT2D eigenvalue weighted by Gasteiger charge is 2.09. The van der Waals surface area contributed by atoms with Gasteiger partial charge in [0.2, 0.25) is 5.91 Å². The number of methoxy groups -OCH3 is 1. The molecule has 7 nitrogen and oxygen atoms in total. The van der Waals surface area contributed by atoms with Crippen LogP contribution in [0, 0.1) is 6.92 Å².